The molecule has 4 nitrogen and oxygen atoms in total. The van der Waals surface area contributed by atoms with Gasteiger partial charge in [0.2, 0.25) is 0 Å². The van der Waals surface area contributed by atoms with Crippen LogP contribution >= 0.6 is 0 Å². The van der Waals surface area contributed by atoms with Crippen LogP contribution in [0.3, 0.4) is 0 Å². The summed E-state index contributed by atoms with van der Waals surface area (Å²) >= 11 is 0. The lowest BCUT2D eigenvalue weighted by molar-refractivity contribution is -0.150. The number of carbonyl (C=O) groups excluding carboxylic acids is 1. The number of carbonyl (C=O) groups is 1. The summed E-state index contributed by atoms with van der Waals surface area (Å²) < 4.78 is 57.6. The van der Waals surface area contributed by atoms with Crippen LogP contribution in [0.1, 0.15) is 43.4 Å². The summed E-state index contributed by atoms with van der Waals surface area (Å²) in [6, 6.07) is 11.6. The van der Waals surface area contributed by atoms with Crippen molar-refractivity contribution in [2.75, 3.05) is 39.8 Å². The Kier molecular flexibility index (Phi) is 8.94. The molecule has 0 radical (unpaired) electrons. The van der Waals surface area contributed by atoms with Crippen molar-refractivity contribution in [3.8, 4) is 0 Å². The number of hydrogen-bond acceptors (Lipinski definition) is 4. The van der Waals surface area contributed by atoms with Gasteiger partial charge in [0.1, 0.15) is 5.82 Å². The van der Waals surface area contributed by atoms with Crippen molar-refractivity contribution >= 4 is 5.97 Å². The zero-order chi connectivity index (χ0) is 25.6. The Bertz CT molecular complexity index is 970. The molecule has 192 valence electrons. The predicted molar refractivity (Wildman–Crippen MR) is 127 cm³/mol. The van der Waals surface area contributed by atoms with Gasteiger partial charge in [0, 0.05) is 32.7 Å². The highest BCUT2D eigenvalue weighted by Crippen LogP contribution is 2.38. The second-order valence-electron chi connectivity index (χ2n) is 9.54. The molecule has 0 N–H and O–H groups in total. The van der Waals surface area contributed by atoms with Crippen LogP contribution in [0.15, 0.2) is 48.5 Å². The first-order valence-electron chi connectivity index (χ1n) is 12.0. The minimum atomic E-state index is -4.34. The van der Waals surface area contributed by atoms with Crippen molar-refractivity contribution in [3.05, 3.63) is 71.0 Å². The fraction of sp³-hybridized carbons (Fsp3) is 0.519. The molecule has 2 aromatic carbocycles. The van der Waals surface area contributed by atoms with Gasteiger partial charge in [0.15, 0.2) is 0 Å². The first-order valence-corrected chi connectivity index (χ1v) is 12.0. The molecule has 1 aliphatic heterocycles. The van der Waals surface area contributed by atoms with E-state index in [0.717, 1.165) is 50.8 Å². The Balaban J connectivity index is 1.56. The standard InChI is InChI=1S/C27H34F4N2O2/c1-20(2)26(25(34)35-3,22-8-10-24(28)11-9-22)12-5-13-32-14-16-33(17-15-32)19-21-6-4-7-23(18-21)27(29,30)31/h4,6-11,18,20H,5,12-17,19H2,1-3H3. The number of methoxy groups -OCH3 is 1. The van der Waals surface area contributed by atoms with Crippen LogP contribution in [0, 0.1) is 11.7 Å². The Morgan fingerprint density at radius 3 is 2.17 bits per heavy atom. The molecule has 0 spiro atoms. The predicted octanol–water partition coefficient (Wildman–Crippen LogP) is 5.51. The van der Waals surface area contributed by atoms with Gasteiger partial charge in [-0.25, -0.2) is 4.39 Å². The topological polar surface area (TPSA) is 32.8 Å². The normalized spacial score (nSPS) is 17.4. The van der Waals surface area contributed by atoms with Crippen molar-refractivity contribution in [2.24, 2.45) is 5.92 Å². The molecule has 1 saturated heterocycles. The molecule has 0 amide bonds. The molecule has 1 unspecified atom stereocenters. The van der Waals surface area contributed by atoms with Crippen LogP contribution < -0.4 is 0 Å². The van der Waals surface area contributed by atoms with Crippen LogP contribution in [-0.2, 0) is 27.7 Å². The van der Waals surface area contributed by atoms with Crippen LogP contribution in [0.5, 0.6) is 0 Å². The van der Waals surface area contributed by atoms with E-state index in [9.17, 15) is 22.4 Å². The van der Waals surface area contributed by atoms with Gasteiger partial charge >= 0.3 is 12.1 Å². The smallest absolute Gasteiger partial charge is 0.416 e. The summed E-state index contributed by atoms with van der Waals surface area (Å²) in [5.41, 5.74) is -0.0543. The van der Waals surface area contributed by atoms with E-state index in [1.54, 1.807) is 18.2 Å². The fourth-order valence-corrected chi connectivity index (χ4v) is 5.01. The highest BCUT2D eigenvalue weighted by Gasteiger charge is 2.44. The lowest BCUT2D eigenvalue weighted by Crippen LogP contribution is -2.47. The first kappa shape index (κ1) is 27.1. The highest BCUT2D eigenvalue weighted by atomic mass is 19.4. The number of hydrogen-bond donors (Lipinski definition) is 0. The number of piperazine rings is 1. The molecule has 0 bridgehead atoms. The van der Waals surface area contributed by atoms with E-state index in [0.29, 0.717) is 18.5 Å². The maximum Gasteiger partial charge on any atom is 0.416 e. The van der Waals surface area contributed by atoms with E-state index < -0.39 is 17.2 Å². The molecule has 1 atom stereocenters. The van der Waals surface area contributed by atoms with E-state index in [1.165, 1.54) is 31.4 Å². The number of rotatable bonds is 9. The third-order valence-corrected chi connectivity index (χ3v) is 7.07. The number of ether oxygens (including phenoxy) is 1. The van der Waals surface area contributed by atoms with E-state index in [4.69, 9.17) is 4.74 Å². The van der Waals surface area contributed by atoms with E-state index in [-0.39, 0.29) is 17.7 Å². The minimum absolute atomic E-state index is 0.0373. The second kappa shape index (κ2) is 11.5. The quantitative estimate of drug-likeness (QED) is 0.340. The molecule has 1 fully saturated rings. The molecule has 2 aromatic rings. The van der Waals surface area contributed by atoms with Gasteiger partial charge in [-0.15, -0.1) is 0 Å². The first-order chi connectivity index (χ1) is 16.6. The zero-order valence-corrected chi connectivity index (χ0v) is 20.6. The van der Waals surface area contributed by atoms with Gasteiger partial charge < -0.3 is 9.64 Å². The average Bonchev–Trinajstić information content (AvgIpc) is 2.82. The van der Waals surface area contributed by atoms with E-state index in [2.05, 4.69) is 9.80 Å². The maximum absolute atomic E-state index is 13.5. The fourth-order valence-electron chi connectivity index (χ4n) is 5.01. The van der Waals surface area contributed by atoms with Crippen LogP contribution in [-0.4, -0.2) is 55.6 Å². The third-order valence-electron chi connectivity index (χ3n) is 7.07. The molecule has 0 saturated carbocycles. The van der Waals surface area contributed by atoms with Crippen LogP contribution in [0.25, 0.3) is 0 Å². The Labute approximate surface area is 204 Å². The molecule has 35 heavy (non-hydrogen) atoms. The van der Waals surface area contributed by atoms with E-state index in [1.807, 2.05) is 13.8 Å². The molecule has 0 aliphatic carbocycles. The number of nitrogens with zero attached hydrogens (tertiary/aromatic N) is 2. The second-order valence-corrected chi connectivity index (χ2v) is 9.54. The van der Waals surface area contributed by atoms with Gasteiger partial charge in [-0.05, 0) is 54.6 Å². The lowest BCUT2D eigenvalue weighted by Gasteiger charge is -2.38. The van der Waals surface area contributed by atoms with Crippen LogP contribution in [0.4, 0.5) is 17.6 Å². The SMILES string of the molecule is COC(=O)C(CCCN1CCN(Cc2cccc(C(F)(F)F)c2)CC1)(c1ccc(F)cc1)C(C)C. The minimum Gasteiger partial charge on any atom is -0.468 e. The number of halogens is 4. The van der Waals surface area contributed by atoms with Crippen molar-refractivity contribution in [1.82, 2.24) is 9.80 Å². The summed E-state index contributed by atoms with van der Waals surface area (Å²) in [7, 11) is 1.38. The Morgan fingerprint density at radius 2 is 1.60 bits per heavy atom. The van der Waals surface area contributed by atoms with Crippen molar-refractivity contribution < 1.29 is 27.1 Å². The molecule has 8 heteroatoms. The number of benzene rings is 2. The molecule has 1 heterocycles. The Morgan fingerprint density at radius 1 is 0.971 bits per heavy atom. The van der Waals surface area contributed by atoms with E-state index >= 15 is 0 Å². The van der Waals surface area contributed by atoms with Crippen molar-refractivity contribution in [3.63, 3.8) is 0 Å². The van der Waals surface area contributed by atoms with Gasteiger partial charge in [0.05, 0.1) is 18.1 Å². The van der Waals surface area contributed by atoms with Gasteiger partial charge in [-0.1, -0.05) is 44.2 Å². The molecule has 1 aliphatic rings. The lowest BCUT2D eigenvalue weighted by atomic mass is 9.68. The monoisotopic (exact) mass is 494 g/mol. The average molecular weight is 495 g/mol. The van der Waals surface area contributed by atoms with Gasteiger partial charge in [-0.2, -0.15) is 13.2 Å². The number of alkyl halides is 3. The van der Waals surface area contributed by atoms with Crippen molar-refractivity contribution in [1.29, 1.82) is 0 Å². The summed E-state index contributed by atoms with van der Waals surface area (Å²) in [6.45, 7) is 8.39. The molecular formula is C27H34F4N2O2. The summed E-state index contributed by atoms with van der Waals surface area (Å²) in [6.07, 6.45) is -3.00. The van der Waals surface area contributed by atoms with Gasteiger partial charge in [-0.3, -0.25) is 9.69 Å². The van der Waals surface area contributed by atoms with Crippen molar-refractivity contribution in [2.45, 2.75) is 44.8 Å². The Hall–Kier alpha value is -2.45. The summed E-state index contributed by atoms with van der Waals surface area (Å²) in [5, 5.41) is 0. The molecular weight excluding hydrogens is 460 g/mol. The molecule has 3 rings (SSSR count). The summed E-state index contributed by atoms with van der Waals surface area (Å²) in [4.78, 5) is 17.4. The largest absolute Gasteiger partial charge is 0.468 e. The summed E-state index contributed by atoms with van der Waals surface area (Å²) in [5.74, 6) is -0.700. The van der Waals surface area contributed by atoms with Crippen LogP contribution in [0.2, 0.25) is 0 Å². The molecule has 0 aromatic heterocycles. The highest BCUT2D eigenvalue weighted by molar-refractivity contribution is 5.83. The zero-order valence-electron chi connectivity index (χ0n) is 20.6. The third kappa shape index (κ3) is 6.61. The maximum atomic E-state index is 13.5. The number of esters is 1. The van der Waals surface area contributed by atoms with Gasteiger partial charge in [0.25, 0.3) is 0 Å².